The molecule has 1 aromatic heterocycles. The molecule has 0 amide bonds. The smallest absolute Gasteiger partial charge is 0.304 e. The number of nitro groups is 1. The van der Waals surface area contributed by atoms with Crippen molar-refractivity contribution >= 4 is 32.0 Å². The van der Waals surface area contributed by atoms with Crippen molar-refractivity contribution in [2.24, 2.45) is 0 Å². The van der Waals surface area contributed by atoms with Crippen molar-refractivity contribution in [2.75, 3.05) is 18.9 Å². The van der Waals surface area contributed by atoms with Crippen LogP contribution < -0.4 is 5.32 Å². The Balaban J connectivity index is 2.35. The second-order valence-corrected chi connectivity index (χ2v) is 8.16. The van der Waals surface area contributed by atoms with E-state index in [2.05, 4.69) is 5.32 Å². The van der Waals surface area contributed by atoms with Crippen LogP contribution in [0.4, 0.5) is 10.7 Å². The highest BCUT2D eigenvalue weighted by molar-refractivity contribution is 7.91. The number of anilines is 1. The lowest BCUT2D eigenvalue weighted by atomic mass is 10.3. The Labute approximate surface area is 128 Å². The summed E-state index contributed by atoms with van der Waals surface area (Å²) in [5.41, 5.74) is -0.188. The molecule has 1 aliphatic rings. The standard InChI is InChI=1S/C12H19N3O4S2/c1-3-4-7-14(9-5-6-9)21(18,19)11-8-10(15(16)17)12(13-2)20-11/h8-9,13H,3-7H2,1-2H3. The Morgan fingerprint density at radius 2 is 2.19 bits per heavy atom. The molecule has 0 atom stereocenters. The largest absolute Gasteiger partial charge is 0.374 e. The monoisotopic (exact) mass is 333 g/mol. The van der Waals surface area contributed by atoms with E-state index in [1.54, 1.807) is 7.05 Å². The van der Waals surface area contributed by atoms with Gasteiger partial charge in [0.15, 0.2) is 5.00 Å². The molecular weight excluding hydrogens is 314 g/mol. The Hall–Kier alpha value is -1.19. The maximum Gasteiger partial charge on any atom is 0.304 e. The van der Waals surface area contributed by atoms with Crippen LogP contribution in [0.15, 0.2) is 10.3 Å². The van der Waals surface area contributed by atoms with Crippen LogP contribution in [-0.4, -0.2) is 37.3 Å². The zero-order valence-corrected chi connectivity index (χ0v) is 13.7. The van der Waals surface area contributed by atoms with E-state index in [-0.39, 0.29) is 20.9 Å². The summed E-state index contributed by atoms with van der Waals surface area (Å²) >= 11 is 0.919. The summed E-state index contributed by atoms with van der Waals surface area (Å²) < 4.78 is 27.0. The number of thiophene rings is 1. The molecule has 0 aromatic carbocycles. The van der Waals surface area contributed by atoms with Gasteiger partial charge in [-0.25, -0.2) is 8.42 Å². The third-order valence-electron chi connectivity index (χ3n) is 3.36. The van der Waals surface area contributed by atoms with Crippen LogP contribution in [0.3, 0.4) is 0 Å². The topological polar surface area (TPSA) is 92.5 Å². The molecular formula is C12H19N3O4S2. The van der Waals surface area contributed by atoms with E-state index in [9.17, 15) is 18.5 Å². The second-order valence-electron chi connectivity index (χ2n) is 4.99. The summed E-state index contributed by atoms with van der Waals surface area (Å²) in [4.78, 5) is 10.4. The van der Waals surface area contributed by atoms with Gasteiger partial charge in [0.25, 0.3) is 10.0 Å². The first kappa shape index (κ1) is 16.2. The second kappa shape index (κ2) is 6.29. The fourth-order valence-electron chi connectivity index (χ4n) is 2.09. The summed E-state index contributed by atoms with van der Waals surface area (Å²) in [6.07, 6.45) is 3.44. The molecule has 0 saturated heterocycles. The van der Waals surface area contributed by atoms with E-state index in [0.717, 1.165) is 43.1 Å². The molecule has 1 saturated carbocycles. The van der Waals surface area contributed by atoms with Gasteiger partial charge in [-0.15, -0.1) is 0 Å². The molecule has 118 valence electrons. The number of nitrogens with zero attached hydrogens (tertiary/aromatic N) is 2. The molecule has 9 heteroatoms. The highest BCUT2D eigenvalue weighted by atomic mass is 32.2. The average molecular weight is 333 g/mol. The van der Waals surface area contributed by atoms with Crippen LogP contribution in [0.1, 0.15) is 32.6 Å². The van der Waals surface area contributed by atoms with E-state index in [1.165, 1.54) is 4.31 Å². The first-order valence-corrected chi connectivity index (χ1v) is 9.15. The predicted molar refractivity (Wildman–Crippen MR) is 82.3 cm³/mol. The number of nitrogens with one attached hydrogen (secondary N) is 1. The van der Waals surface area contributed by atoms with Crippen molar-refractivity contribution in [1.29, 1.82) is 0 Å². The fourth-order valence-corrected chi connectivity index (χ4v) is 5.23. The molecule has 0 aliphatic heterocycles. The maximum absolute atomic E-state index is 12.7. The molecule has 2 rings (SSSR count). The highest BCUT2D eigenvalue weighted by Gasteiger charge is 2.39. The van der Waals surface area contributed by atoms with Crippen LogP contribution >= 0.6 is 11.3 Å². The maximum atomic E-state index is 12.7. The summed E-state index contributed by atoms with van der Waals surface area (Å²) in [7, 11) is -2.10. The third-order valence-corrected chi connectivity index (χ3v) is 6.91. The Morgan fingerprint density at radius 3 is 2.62 bits per heavy atom. The van der Waals surface area contributed by atoms with Crippen molar-refractivity contribution in [3.8, 4) is 0 Å². The summed E-state index contributed by atoms with van der Waals surface area (Å²) in [5.74, 6) is 0. The van der Waals surface area contributed by atoms with Crippen LogP contribution in [0, 0.1) is 10.1 Å². The molecule has 0 spiro atoms. The van der Waals surface area contributed by atoms with Gasteiger partial charge in [0.2, 0.25) is 0 Å². The van der Waals surface area contributed by atoms with Gasteiger partial charge in [0.1, 0.15) is 4.21 Å². The molecule has 1 heterocycles. The Bertz CT molecular complexity index is 622. The number of rotatable bonds is 8. The van der Waals surface area contributed by atoms with Gasteiger partial charge >= 0.3 is 5.69 Å². The van der Waals surface area contributed by atoms with Crippen LogP contribution in [-0.2, 0) is 10.0 Å². The van der Waals surface area contributed by atoms with Gasteiger partial charge in [0.05, 0.1) is 4.92 Å². The lowest BCUT2D eigenvalue weighted by molar-refractivity contribution is -0.383. The van der Waals surface area contributed by atoms with Crippen molar-refractivity contribution in [1.82, 2.24) is 4.31 Å². The molecule has 1 fully saturated rings. The minimum absolute atomic E-state index is 0.0431. The van der Waals surface area contributed by atoms with Crippen LogP contribution in [0.25, 0.3) is 0 Å². The van der Waals surface area contributed by atoms with Gasteiger partial charge < -0.3 is 5.32 Å². The molecule has 21 heavy (non-hydrogen) atoms. The number of hydrogen-bond donors (Lipinski definition) is 1. The normalized spacial score (nSPS) is 15.4. The molecule has 0 unspecified atom stereocenters. The highest BCUT2D eigenvalue weighted by Crippen LogP contribution is 2.40. The molecule has 7 nitrogen and oxygen atoms in total. The van der Waals surface area contributed by atoms with E-state index in [1.807, 2.05) is 6.92 Å². The van der Waals surface area contributed by atoms with Crippen molar-refractivity contribution < 1.29 is 13.3 Å². The first-order chi connectivity index (χ1) is 9.91. The minimum atomic E-state index is -3.65. The lowest BCUT2D eigenvalue weighted by Gasteiger charge is -2.20. The molecule has 1 aliphatic carbocycles. The van der Waals surface area contributed by atoms with E-state index < -0.39 is 14.9 Å². The summed E-state index contributed by atoms with van der Waals surface area (Å²) in [6, 6.07) is 1.22. The Kier molecular flexibility index (Phi) is 4.84. The quantitative estimate of drug-likeness (QED) is 0.583. The van der Waals surface area contributed by atoms with Crippen LogP contribution in [0.2, 0.25) is 0 Å². The summed E-state index contributed by atoms with van der Waals surface area (Å²) in [6.45, 7) is 2.48. The van der Waals surface area contributed by atoms with Crippen molar-refractivity contribution in [3.63, 3.8) is 0 Å². The van der Waals surface area contributed by atoms with Gasteiger partial charge in [-0.3, -0.25) is 10.1 Å². The molecule has 1 aromatic rings. The van der Waals surface area contributed by atoms with E-state index in [4.69, 9.17) is 0 Å². The number of hydrogen-bond acceptors (Lipinski definition) is 6. The van der Waals surface area contributed by atoms with Gasteiger partial charge in [0, 0.05) is 25.7 Å². The Morgan fingerprint density at radius 1 is 1.52 bits per heavy atom. The van der Waals surface area contributed by atoms with Crippen molar-refractivity contribution in [2.45, 2.75) is 42.9 Å². The summed E-state index contributed by atoms with van der Waals surface area (Å²) in [5, 5.41) is 13.9. The molecule has 0 bridgehead atoms. The SMILES string of the molecule is CCCCN(C1CC1)S(=O)(=O)c1cc([N+](=O)[O-])c(NC)s1. The van der Waals surface area contributed by atoms with Gasteiger partial charge in [-0.2, -0.15) is 4.31 Å². The zero-order chi connectivity index (χ0) is 15.6. The zero-order valence-electron chi connectivity index (χ0n) is 12.0. The fraction of sp³-hybridized carbons (Fsp3) is 0.667. The van der Waals surface area contributed by atoms with Gasteiger partial charge in [-0.1, -0.05) is 24.7 Å². The molecule has 1 N–H and O–H groups in total. The average Bonchev–Trinajstić information content (AvgIpc) is 3.15. The van der Waals surface area contributed by atoms with Gasteiger partial charge in [-0.05, 0) is 19.3 Å². The molecule has 0 radical (unpaired) electrons. The minimum Gasteiger partial charge on any atom is -0.374 e. The lowest BCUT2D eigenvalue weighted by Crippen LogP contribution is -2.33. The van der Waals surface area contributed by atoms with E-state index >= 15 is 0 Å². The van der Waals surface area contributed by atoms with Crippen LogP contribution in [0.5, 0.6) is 0 Å². The third kappa shape index (κ3) is 3.35. The number of sulfonamides is 1. The van der Waals surface area contributed by atoms with Crippen molar-refractivity contribution in [3.05, 3.63) is 16.2 Å². The number of unbranched alkanes of at least 4 members (excludes halogenated alkanes) is 1. The van der Waals surface area contributed by atoms with E-state index in [0.29, 0.717) is 6.54 Å². The first-order valence-electron chi connectivity index (χ1n) is 6.89. The predicted octanol–water partition coefficient (Wildman–Crippen LogP) is 2.65.